The maximum atomic E-state index is 12.4. The molecule has 0 atom stereocenters. The number of hydrogen-bond acceptors (Lipinski definition) is 3. The molecule has 0 radical (unpaired) electrons. The summed E-state index contributed by atoms with van der Waals surface area (Å²) < 4.78 is 23.7. The Bertz CT molecular complexity index is 656. The van der Waals surface area contributed by atoms with E-state index in [4.69, 9.17) is 10.7 Å². The number of hydrogen-bond donors (Lipinski definition) is 1. The van der Waals surface area contributed by atoms with Crippen LogP contribution in [0.1, 0.15) is 49.5 Å². The Labute approximate surface area is 138 Å². The Kier molecular flexibility index (Phi) is 5.86. The minimum Gasteiger partial charge on any atom is -0.347 e. The van der Waals surface area contributed by atoms with Crippen LogP contribution in [0.25, 0.3) is 0 Å². The predicted octanol–water partition coefficient (Wildman–Crippen LogP) is 3.99. The van der Waals surface area contributed by atoms with Gasteiger partial charge in [0.15, 0.2) is 0 Å². The second-order valence-corrected chi connectivity index (χ2v) is 9.05. The second kappa shape index (κ2) is 6.67. The molecule has 0 aliphatic heterocycles. The zero-order chi connectivity index (χ0) is 16.4. The van der Waals surface area contributed by atoms with E-state index in [9.17, 15) is 13.2 Å². The maximum absolute atomic E-state index is 12.4. The average molecular weight is 397 g/mol. The molecule has 0 spiro atoms. The quantitative estimate of drug-likeness (QED) is 0.765. The molecule has 1 amide bonds. The van der Waals surface area contributed by atoms with Gasteiger partial charge < -0.3 is 5.32 Å². The maximum Gasteiger partial charge on any atom is 0.261 e. The monoisotopic (exact) mass is 395 g/mol. The van der Waals surface area contributed by atoms with Crippen molar-refractivity contribution in [1.82, 2.24) is 5.32 Å². The van der Waals surface area contributed by atoms with Gasteiger partial charge in [0.25, 0.3) is 15.0 Å². The van der Waals surface area contributed by atoms with E-state index in [1.165, 1.54) is 6.07 Å². The van der Waals surface area contributed by atoms with Crippen molar-refractivity contribution < 1.29 is 13.2 Å². The number of amides is 1. The van der Waals surface area contributed by atoms with Crippen molar-refractivity contribution in [3.63, 3.8) is 0 Å². The van der Waals surface area contributed by atoms with Gasteiger partial charge in [0.2, 0.25) is 0 Å². The van der Waals surface area contributed by atoms with Crippen molar-refractivity contribution in [2.75, 3.05) is 0 Å². The van der Waals surface area contributed by atoms with Crippen LogP contribution in [0.5, 0.6) is 0 Å². The van der Waals surface area contributed by atoms with Gasteiger partial charge in [-0.3, -0.25) is 4.79 Å². The molecule has 1 aromatic carbocycles. The van der Waals surface area contributed by atoms with Gasteiger partial charge in [-0.2, -0.15) is 0 Å². The summed E-state index contributed by atoms with van der Waals surface area (Å²) >= 11 is 3.22. The van der Waals surface area contributed by atoms with Crippen LogP contribution in [-0.2, 0) is 9.05 Å². The first kappa shape index (κ1) is 18.5. The molecule has 0 aliphatic carbocycles. The first-order chi connectivity index (χ1) is 9.48. The molecule has 0 heterocycles. The van der Waals surface area contributed by atoms with Crippen molar-refractivity contribution in [3.05, 3.63) is 27.7 Å². The standard InChI is InChI=1S/C14H19BrClNO3S/c1-5-6-14(3,4)17-13(18)11-7-10(15)8-12(9(11)2)21(16,19)20/h7-8H,5-6H2,1-4H3,(H,17,18). The van der Waals surface area contributed by atoms with Crippen LogP contribution in [0.15, 0.2) is 21.5 Å². The molecule has 0 saturated heterocycles. The lowest BCUT2D eigenvalue weighted by atomic mass is 9.97. The largest absolute Gasteiger partial charge is 0.347 e. The highest BCUT2D eigenvalue weighted by Crippen LogP contribution is 2.27. The van der Waals surface area contributed by atoms with Crippen LogP contribution >= 0.6 is 26.6 Å². The van der Waals surface area contributed by atoms with Crippen molar-refractivity contribution >= 4 is 41.6 Å². The fraction of sp³-hybridized carbons (Fsp3) is 0.500. The average Bonchev–Trinajstić information content (AvgIpc) is 2.29. The smallest absolute Gasteiger partial charge is 0.261 e. The van der Waals surface area contributed by atoms with E-state index in [-0.39, 0.29) is 16.3 Å². The molecule has 0 unspecified atom stereocenters. The number of halogens is 2. The van der Waals surface area contributed by atoms with Crippen molar-refractivity contribution in [3.8, 4) is 0 Å². The summed E-state index contributed by atoms with van der Waals surface area (Å²) in [5.74, 6) is -0.311. The SMILES string of the molecule is CCCC(C)(C)NC(=O)c1cc(Br)cc(S(=O)(=O)Cl)c1C. The van der Waals surface area contributed by atoms with Crippen molar-refractivity contribution in [2.45, 2.75) is 51.0 Å². The van der Waals surface area contributed by atoms with Crippen LogP contribution < -0.4 is 5.32 Å². The van der Waals surface area contributed by atoms with Gasteiger partial charge in [-0.15, -0.1) is 0 Å². The third kappa shape index (κ3) is 4.97. The molecule has 0 fully saturated rings. The lowest BCUT2D eigenvalue weighted by molar-refractivity contribution is 0.0908. The first-order valence-electron chi connectivity index (χ1n) is 6.55. The van der Waals surface area contributed by atoms with Gasteiger partial charge in [-0.05, 0) is 44.9 Å². The van der Waals surface area contributed by atoms with Gasteiger partial charge in [0.1, 0.15) is 0 Å². The van der Waals surface area contributed by atoms with Gasteiger partial charge >= 0.3 is 0 Å². The van der Waals surface area contributed by atoms with Crippen molar-refractivity contribution in [2.24, 2.45) is 0 Å². The van der Waals surface area contributed by atoms with Crippen LogP contribution in [0, 0.1) is 6.92 Å². The van der Waals surface area contributed by atoms with E-state index in [2.05, 4.69) is 21.2 Å². The number of benzene rings is 1. The van der Waals surface area contributed by atoms with Crippen LogP contribution in [-0.4, -0.2) is 19.9 Å². The molecule has 1 aromatic rings. The van der Waals surface area contributed by atoms with Gasteiger partial charge in [-0.1, -0.05) is 29.3 Å². The summed E-state index contributed by atoms with van der Waals surface area (Å²) in [4.78, 5) is 12.4. The molecule has 1 N–H and O–H groups in total. The van der Waals surface area contributed by atoms with E-state index >= 15 is 0 Å². The van der Waals surface area contributed by atoms with E-state index in [1.54, 1.807) is 13.0 Å². The molecule has 1 rings (SSSR count). The molecule has 21 heavy (non-hydrogen) atoms. The first-order valence-corrected chi connectivity index (χ1v) is 9.65. The summed E-state index contributed by atoms with van der Waals surface area (Å²) in [6.45, 7) is 7.47. The molecular weight excluding hydrogens is 378 g/mol. The number of carbonyl (C=O) groups is 1. The zero-order valence-corrected chi connectivity index (χ0v) is 15.6. The summed E-state index contributed by atoms with van der Waals surface area (Å²) in [5.41, 5.74) is 0.284. The Balaban J connectivity index is 3.26. The summed E-state index contributed by atoms with van der Waals surface area (Å²) in [6.07, 6.45) is 1.76. The minimum atomic E-state index is -3.90. The van der Waals surface area contributed by atoms with E-state index in [1.807, 2.05) is 20.8 Å². The molecule has 7 heteroatoms. The van der Waals surface area contributed by atoms with Crippen molar-refractivity contribution in [1.29, 1.82) is 0 Å². The highest BCUT2D eigenvalue weighted by atomic mass is 79.9. The Morgan fingerprint density at radius 2 is 1.95 bits per heavy atom. The molecule has 4 nitrogen and oxygen atoms in total. The third-order valence-corrected chi connectivity index (χ3v) is 5.06. The Morgan fingerprint density at radius 3 is 2.43 bits per heavy atom. The molecule has 0 bridgehead atoms. The molecule has 0 saturated carbocycles. The number of carbonyl (C=O) groups excluding carboxylic acids is 1. The van der Waals surface area contributed by atoms with Crippen LogP contribution in [0.4, 0.5) is 0 Å². The van der Waals surface area contributed by atoms with E-state index < -0.39 is 9.05 Å². The Morgan fingerprint density at radius 1 is 1.38 bits per heavy atom. The lowest BCUT2D eigenvalue weighted by Crippen LogP contribution is -2.43. The van der Waals surface area contributed by atoms with E-state index in [0.29, 0.717) is 15.6 Å². The summed E-state index contributed by atoms with van der Waals surface area (Å²) in [7, 11) is 1.51. The van der Waals surface area contributed by atoms with E-state index in [0.717, 1.165) is 12.8 Å². The highest BCUT2D eigenvalue weighted by Gasteiger charge is 2.24. The predicted molar refractivity (Wildman–Crippen MR) is 88.4 cm³/mol. The normalized spacial score (nSPS) is 12.3. The topological polar surface area (TPSA) is 63.2 Å². The summed E-state index contributed by atoms with van der Waals surface area (Å²) in [5, 5.41) is 2.92. The molecule has 0 aromatic heterocycles. The Hall–Kier alpha value is -0.590. The fourth-order valence-electron chi connectivity index (χ4n) is 2.21. The molecule has 118 valence electrons. The zero-order valence-electron chi connectivity index (χ0n) is 12.5. The minimum absolute atomic E-state index is 0.0583. The van der Waals surface area contributed by atoms with Crippen LogP contribution in [0.3, 0.4) is 0 Å². The second-order valence-electron chi connectivity index (χ2n) is 5.60. The molecular formula is C14H19BrClNO3S. The molecule has 0 aliphatic rings. The fourth-order valence-corrected chi connectivity index (χ4v) is 4.04. The highest BCUT2D eigenvalue weighted by molar-refractivity contribution is 9.10. The number of rotatable bonds is 5. The third-order valence-electron chi connectivity index (χ3n) is 3.16. The van der Waals surface area contributed by atoms with Gasteiger partial charge in [-0.25, -0.2) is 8.42 Å². The van der Waals surface area contributed by atoms with Crippen LogP contribution in [0.2, 0.25) is 0 Å². The lowest BCUT2D eigenvalue weighted by Gasteiger charge is -2.26. The number of nitrogens with one attached hydrogen (secondary N) is 1. The van der Waals surface area contributed by atoms with Gasteiger partial charge in [0, 0.05) is 26.3 Å². The van der Waals surface area contributed by atoms with Gasteiger partial charge in [0.05, 0.1) is 4.90 Å². The summed E-state index contributed by atoms with van der Waals surface area (Å²) in [6, 6.07) is 2.99.